The summed E-state index contributed by atoms with van der Waals surface area (Å²) >= 11 is 0. The molecule has 134 valence electrons. The lowest BCUT2D eigenvalue weighted by atomic mass is 9.79. The number of furan rings is 1. The van der Waals surface area contributed by atoms with Gasteiger partial charge in [-0.05, 0) is 63.0 Å². The molecular formula is C20H21N3O3. The summed E-state index contributed by atoms with van der Waals surface area (Å²) in [5.41, 5.74) is 1.01. The zero-order valence-corrected chi connectivity index (χ0v) is 14.6. The topological polar surface area (TPSA) is 78.5 Å². The Morgan fingerprint density at radius 1 is 1.31 bits per heavy atom. The van der Waals surface area contributed by atoms with Crippen molar-refractivity contribution in [2.45, 2.75) is 31.8 Å². The van der Waals surface area contributed by atoms with Crippen molar-refractivity contribution in [1.82, 2.24) is 10.2 Å². The molecule has 3 saturated heterocycles. The van der Waals surface area contributed by atoms with Gasteiger partial charge >= 0.3 is 0 Å². The molecule has 1 aromatic carbocycles. The van der Waals surface area contributed by atoms with Crippen LogP contribution in [0.1, 0.15) is 35.7 Å². The predicted molar refractivity (Wildman–Crippen MR) is 95.0 cm³/mol. The summed E-state index contributed by atoms with van der Waals surface area (Å²) in [4.78, 5) is 15.1. The Balaban J connectivity index is 1.40. The first kappa shape index (κ1) is 16.7. The average Bonchev–Trinajstić information content (AvgIpc) is 3.13. The molecular weight excluding hydrogens is 330 g/mol. The minimum Gasteiger partial charge on any atom is -0.433 e. The molecule has 5 rings (SSSR count). The number of nitrogens with zero attached hydrogens (tertiary/aromatic N) is 2. The highest BCUT2D eigenvalue weighted by Gasteiger charge is 2.40. The van der Waals surface area contributed by atoms with Crippen molar-refractivity contribution in [1.29, 1.82) is 5.26 Å². The fourth-order valence-electron chi connectivity index (χ4n) is 4.00. The standard InChI is InChI=1S/C20H21N3O3/c1-13-19(15-6-8-23(13)9-7-15)22-20(24)16-2-4-17(5-3-16)26-18-10-14(11-21)12-25-18/h2-5,10,12-13,15,19H,6-9H2,1H3,(H,22,24). The number of rotatable bonds is 4. The van der Waals surface area contributed by atoms with Crippen LogP contribution in [0.4, 0.5) is 0 Å². The highest BCUT2D eigenvalue weighted by molar-refractivity contribution is 5.94. The molecule has 0 spiro atoms. The maximum atomic E-state index is 12.6. The fourth-order valence-corrected chi connectivity index (χ4v) is 4.00. The fraction of sp³-hybridized carbons (Fsp3) is 0.400. The molecule has 0 saturated carbocycles. The van der Waals surface area contributed by atoms with E-state index in [2.05, 4.69) is 17.1 Å². The first-order valence-corrected chi connectivity index (χ1v) is 8.95. The van der Waals surface area contributed by atoms with Crippen LogP contribution in [-0.2, 0) is 0 Å². The van der Waals surface area contributed by atoms with E-state index >= 15 is 0 Å². The van der Waals surface area contributed by atoms with Gasteiger partial charge in [0.05, 0.1) is 5.56 Å². The van der Waals surface area contributed by atoms with E-state index in [9.17, 15) is 4.79 Å². The van der Waals surface area contributed by atoms with Gasteiger partial charge < -0.3 is 14.5 Å². The van der Waals surface area contributed by atoms with Crippen LogP contribution in [0, 0.1) is 17.2 Å². The summed E-state index contributed by atoms with van der Waals surface area (Å²) in [6.07, 6.45) is 3.66. The van der Waals surface area contributed by atoms with Crippen LogP contribution in [0.2, 0.25) is 0 Å². The lowest BCUT2D eigenvalue weighted by molar-refractivity contribution is 0.0217. The predicted octanol–water partition coefficient (Wildman–Crippen LogP) is 3.16. The van der Waals surface area contributed by atoms with Gasteiger partial charge in [-0.2, -0.15) is 5.26 Å². The number of carbonyl (C=O) groups excluding carboxylic acids is 1. The summed E-state index contributed by atoms with van der Waals surface area (Å²) in [5.74, 6) is 1.33. The molecule has 0 radical (unpaired) electrons. The molecule has 1 amide bonds. The molecule has 2 atom stereocenters. The van der Waals surface area contributed by atoms with Gasteiger partial charge in [-0.25, -0.2) is 0 Å². The zero-order valence-electron chi connectivity index (χ0n) is 14.6. The largest absolute Gasteiger partial charge is 0.433 e. The van der Waals surface area contributed by atoms with Crippen molar-refractivity contribution in [3.63, 3.8) is 0 Å². The van der Waals surface area contributed by atoms with Crippen LogP contribution in [-0.4, -0.2) is 36.0 Å². The number of carbonyl (C=O) groups is 1. The molecule has 6 heteroatoms. The van der Waals surface area contributed by atoms with Crippen molar-refractivity contribution >= 4 is 5.91 Å². The van der Waals surface area contributed by atoms with E-state index in [1.54, 1.807) is 24.3 Å². The van der Waals surface area contributed by atoms with Crippen molar-refractivity contribution in [2.24, 2.45) is 5.92 Å². The van der Waals surface area contributed by atoms with Gasteiger partial charge in [0.25, 0.3) is 11.9 Å². The maximum Gasteiger partial charge on any atom is 0.291 e. The van der Waals surface area contributed by atoms with Gasteiger partial charge in [0, 0.05) is 23.7 Å². The van der Waals surface area contributed by atoms with Crippen LogP contribution < -0.4 is 10.1 Å². The van der Waals surface area contributed by atoms with Crippen LogP contribution in [0.25, 0.3) is 0 Å². The van der Waals surface area contributed by atoms with Gasteiger partial charge in [-0.1, -0.05) is 0 Å². The van der Waals surface area contributed by atoms with Crippen LogP contribution in [0.5, 0.6) is 11.7 Å². The molecule has 3 aliphatic heterocycles. The highest BCUT2D eigenvalue weighted by atomic mass is 16.6. The van der Waals surface area contributed by atoms with Crippen LogP contribution >= 0.6 is 0 Å². The van der Waals surface area contributed by atoms with Gasteiger partial charge in [-0.15, -0.1) is 0 Å². The van der Waals surface area contributed by atoms with Gasteiger partial charge in [-0.3, -0.25) is 9.69 Å². The molecule has 1 N–H and O–H groups in total. The van der Waals surface area contributed by atoms with Crippen LogP contribution in [0.3, 0.4) is 0 Å². The van der Waals surface area contributed by atoms with Crippen LogP contribution in [0.15, 0.2) is 41.0 Å². The lowest BCUT2D eigenvalue weighted by Crippen LogP contribution is -2.62. The molecule has 2 aromatic rings. The minimum absolute atomic E-state index is 0.0492. The van der Waals surface area contributed by atoms with E-state index in [1.807, 2.05) is 6.07 Å². The molecule has 1 aromatic heterocycles. The summed E-state index contributed by atoms with van der Waals surface area (Å²) in [7, 11) is 0. The summed E-state index contributed by atoms with van der Waals surface area (Å²) < 4.78 is 10.7. The highest BCUT2D eigenvalue weighted by Crippen LogP contribution is 2.32. The number of piperidine rings is 3. The average molecular weight is 351 g/mol. The molecule has 6 nitrogen and oxygen atoms in total. The van der Waals surface area contributed by atoms with Crippen molar-refractivity contribution in [2.75, 3.05) is 13.1 Å². The summed E-state index contributed by atoms with van der Waals surface area (Å²) in [6, 6.07) is 11.0. The van der Waals surface area contributed by atoms with E-state index in [1.165, 1.54) is 12.3 Å². The maximum absolute atomic E-state index is 12.6. The Labute approximate surface area is 152 Å². The van der Waals surface area contributed by atoms with Crippen molar-refractivity contribution in [3.05, 3.63) is 47.7 Å². The van der Waals surface area contributed by atoms with E-state index in [0.29, 0.717) is 28.8 Å². The molecule has 3 aliphatic rings. The third-order valence-corrected chi connectivity index (χ3v) is 5.51. The quantitative estimate of drug-likeness (QED) is 0.915. The number of fused-ring (bicyclic) bond motifs is 3. The number of hydrogen-bond acceptors (Lipinski definition) is 5. The number of hydrogen-bond donors (Lipinski definition) is 1. The Morgan fingerprint density at radius 3 is 2.65 bits per heavy atom. The van der Waals surface area contributed by atoms with E-state index in [4.69, 9.17) is 14.4 Å². The lowest BCUT2D eigenvalue weighted by Gasteiger charge is -2.49. The van der Waals surface area contributed by atoms with Crippen molar-refractivity contribution < 1.29 is 13.9 Å². The number of benzene rings is 1. The van der Waals surface area contributed by atoms with E-state index in [-0.39, 0.29) is 17.9 Å². The third kappa shape index (κ3) is 3.18. The third-order valence-electron chi connectivity index (χ3n) is 5.51. The smallest absolute Gasteiger partial charge is 0.291 e. The Hall–Kier alpha value is -2.78. The first-order chi connectivity index (χ1) is 12.6. The SMILES string of the molecule is CC1C(NC(=O)c2ccc(Oc3cc(C#N)co3)cc2)C2CCN1CC2. The monoisotopic (exact) mass is 351 g/mol. The van der Waals surface area contributed by atoms with E-state index in [0.717, 1.165) is 25.9 Å². The number of amides is 1. The number of ether oxygens (including phenoxy) is 1. The minimum atomic E-state index is -0.0492. The molecule has 2 bridgehead atoms. The first-order valence-electron chi connectivity index (χ1n) is 8.95. The summed E-state index contributed by atoms with van der Waals surface area (Å²) in [5, 5.41) is 12.0. The molecule has 26 heavy (non-hydrogen) atoms. The number of nitriles is 1. The molecule has 0 aliphatic carbocycles. The number of nitrogens with one attached hydrogen (secondary N) is 1. The second-order valence-corrected chi connectivity index (χ2v) is 7.01. The Kier molecular flexibility index (Phi) is 4.39. The second-order valence-electron chi connectivity index (χ2n) is 7.01. The van der Waals surface area contributed by atoms with Gasteiger partial charge in [0.2, 0.25) is 0 Å². The Morgan fingerprint density at radius 2 is 2.04 bits per heavy atom. The second kappa shape index (κ2) is 6.85. The van der Waals surface area contributed by atoms with Gasteiger partial charge in [0.15, 0.2) is 0 Å². The molecule has 2 unspecified atom stereocenters. The molecule has 3 fully saturated rings. The normalized spacial score (nSPS) is 26.9. The summed E-state index contributed by atoms with van der Waals surface area (Å²) in [6.45, 7) is 4.49. The zero-order chi connectivity index (χ0) is 18.1. The van der Waals surface area contributed by atoms with E-state index < -0.39 is 0 Å². The van der Waals surface area contributed by atoms with Crippen molar-refractivity contribution in [3.8, 4) is 17.8 Å². The molecule has 4 heterocycles. The Bertz CT molecular complexity index is 827. The van der Waals surface area contributed by atoms with Gasteiger partial charge in [0.1, 0.15) is 18.1 Å².